The molecule has 82 valence electrons. The number of hydrogen-bond donors (Lipinski definition) is 1. The number of carbonyl (C=O) groups excluding carboxylic acids is 2. The molecule has 1 N–H and O–H groups in total. The number of thiazole rings is 1. The molecule has 0 bridgehead atoms. The zero-order valence-electron chi connectivity index (χ0n) is 8.73. The SMILES string of the molecule is CC(C)(C)OC(=O)Nc1csc(C=O)n1. The number of anilines is 1. The van der Waals surface area contributed by atoms with Gasteiger partial charge in [-0.15, -0.1) is 11.3 Å². The van der Waals surface area contributed by atoms with Crippen molar-refractivity contribution < 1.29 is 14.3 Å². The third-order valence-electron chi connectivity index (χ3n) is 1.25. The van der Waals surface area contributed by atoms with Crippen molar-refractivity contribution in [3.63, 3.8) is 0 Å². The van der Waals surface area contributed by atoms with E-state index in [1.165, 1.54) is 0 Å². The number of nitrogens with one attached hydrogen (secondary N) is 1. The van der Waals surface area contributed by atoms with Gasteiger partial charge in [-0.2, -0.15) is 0 Å². The zero-order valence-corrected chi connectivity index (χ0v) is 9.55. The van der Waals surface area contributed by atoms with Crippen LogP contribution in [0.2, 0.25) is 0 Å². The zero-order chi connectivity index (χ0) is 11.5. The van der Waals surface area contributed by atoms with Crippen molar-refractivity contribution in [1.82, 2.24) is 4.98 Å². The fraction of sp³-hybridized carbons (Fsp3) is 0.444. The largest absolute Gasteiger partial charge is 0.444 e. The number of amides is 1. The third kappa shape index (κ3) is 4.07. The standard InChI is InChI=1S/C9H12N2O3S/c1-9(2,3)14-8(13)11-6-5-15-7(4-12)10-6/h4-5H,1-3H3,(H,11,13). The van der Waals surface area contributed by atoms with E-state index in [9.17, 15) is 9.59 Å². The van der Waals surface area contributed by atoms with E-state index in [0.717, 1.165) is 11.3 Å². The summed E-state index contributed by atoms with van der Waals surface area (Å²) in [5, 5.41) is 4.33. The molecule has 1 aromatic heterocycles. The second kappa shape index (κ2) is 4.39. The minimum atomic E-state index is -0.578. The van der Waals surface area contributed by atoms with Crippen LogP contribution in [0, 0.1) is 0 Å². The van der Waals surface area contributed by atoms with Crippen LogP contribution >= 0.6 is 11.3 Å². The van der Waals surface area contributed by atoms with Crippen LogP contribution in [0.5, 0.6) is 0 Å². The number of nitrogens with zero attached hydrogens (tertiary/aromatic N) is 1. The van der Waals surface area contributed by atoms with E-state index in [1.54, 1.807) is 26.2 Å². The van der Waals surface area contributed by atoms with Crippen molar-refractivity contribution in [2.45, 2.75) is 26.4 Å². The Hall–Kier alpha value is -1.43. The van der Waals surface area contributed by atoms with Gasteiger partial charge in [-0.3, -0.25) is 10.1 Å². The number of aldehydes is 1. The summed E-state index contributed by atoms with van der Waals surface area (Å²) in [5.41, 5.74) is -0.548. The molecule has 1 heterocycles. The average Bonchev–Trinajstić information content (AvgIpc) is 2.48. The van der Waals surface area contributed by atoms with E-state index < -0.39 is 11.7 Å². The minimum Gasteiger partial charge on any atom is -0.444 e. The Kier molecular flexibility index (Phi) is 3.41. The van der Waals surface area contributed by atoms with Crippen molar-refractivity contribution >= 4 is 29.5 Å². The number of rotatable bonds is 2. The molecule has 0 aliphatic heterocycles. The minimum absolute atomic E-state index is 0.320. The quantitative estimate of drug-likeness (QED) is 0.788. The molecule has 0 saturated heterocycles. The van der Waals surface area contributed by atoms with Gasteiger partial charge in [0.2, 0.25) is 0 Å². The molecule has 5 nitrogen and oxygen atoms in total. The highest BCUT2D eigenvalue weighted by molar-refractivity contribution is 7.11. The van der Waals surface area contributed by atoms with Gasteiger partial charge < -0.3 is 4.74 Å². The lowest BCUT2D eigenvalue weighted by Gasteiger charge is -2.18. The van der Waals surface area contributed by atoms with Gasteiger partial charge in [0.05, 0.1) is 0 Å². The molecule has 1 aromatic rings. The number of ether oxygens (including phenoxy) is 1. The molecule has 0 saturated carbocycles. The first kappa shape index (κ1) is 11.6. The highest BCUT2D eigenvalue weighted by atomic mass is 32.1. The highest BCUT2D eigenvalue weighted by Crippen LogP contribution is 2.14. The summed E-state index contributed by atoms with van der Waals surface area (Å²) < 4.78 is 5.01. The van der Waals surface area contributed by atoms with Crippen molar-refractivity contribution in [3.8, 4) is 0 Å². The normalized spacial score (nSPS) is 10.9. The Morgan fingerprint density at radius 1 is 1.60 bits per heavy atom. The second-order valence-corrected chi connectivity index (χ2v) is 4.71. The summed E-state index contributed by atoms with van der Waals surface area (Å²) >= 11 is 1.16. The maximum absolute atomic E-state index is 11.3. The van der Waals surface area contributed by atoms with E-state index >= 15 is 0 Å². The lowest BCUT2D eigenvalue weighted by atomic mass is 10.2. The highest BCUT2D eigenvalue weighted by Gasteiger charge is 2.16. The summed E-state index contributed by atoms with van der Waals surface area (Å²) in [4.78, 5) is 25.4. The maximum atomic E-state index is 11.3. The summed E-state index contributed by atoms with van der Waals surface area (Å²) in [6.45, 7) is 5.30. The maximum Gasteiger partial charge on any atom is 0.413 e. The van der Waals surface area contributed by atoms with Gasteiger partial charge >= 0.3 is 6.09 Å². The number of carbonyl (C=O) groups is 2. The Bertz CT molecular complexity index is 368. The lowest BCUT2D eigenvalue weighted by molar-refractivity contribution is 0.0635. The first-order chi connectivity index (χ1) is 6.90. The molecule has 1 amide bonds. The summed E-state index contributed by atoms with van der Waals surface area (Å²) in [7, 11) is 0. The molecule has 0 unspecified atom stereocenters. The molecular weight excluding hydrogens is 216 g/mol. The van der Waals surface area contributed by atoms with Crippen LogP contribution in [-0.2, 0) is 4.74 Å². The van der Waals surface area contributed by atoms with Gasteiger partial charge in [0, 0.05) is 5.38 Å². The van der Waals surface area contributed by atoms with E-state index in [1.807, 2.05) is 0 Å². The molecule has 0 fully saturated rings. The smallest absolute Gasteiger partial charge is 0.413 e. The molecular formula is C9H12N2O3S. The predicted molar refractivity (Wildman–Crippen MR) is 57.4 cm³/mol. The Balaban J connectivity index is 2.55. The fourth-order valence-corrected chi connectivity index (χ4v) is 1.36. The predicted octanol–water partition coefficient (Wildman–Crippen LogP) is 2.30. The Morgan fingerprint density at radius 3 is 2.73 bits per heavy atom. The molecule has 1 rings (SSSR count). The number of hydrogen-bond acceptors (Lipinski definition) is 5. The first-order valence-electron chi connectivity index (χ1n) is 4.31. The van der Waals surface area contributed by atoms with E-state index in [0.29, 0.717) is 17.1 Å². The first-order valence-corrected chi connectivity index (χ1v) is 5.19. The van der Waals surface area contributed by atoms with Gasteiger partial charge in [0.25, 0.3) is 0 Å². The summed E-state index contributed by atoms with van der Waals surface area (Å²) in [5.74, 6) is 0.330. The van der Waals surface area contributed by atoms with Gasteiger partial charge in [0.1, 0.15) is 11.4 Å². The Morgan fingerprint density at radius 2 is 2.27 bits per heavy atom. The van der Waals surface area contributed by atoms with Crippen LogP contribution in [0.15, 0.2) is 5.38 Å². The summed E-state index contributed by atoms with van der Waals surface area (Å²) in [6.07, 6.45) is 0.0514. The van der Waals surface area contributed by atoms with E-state index in [2.05, 4.69) is 10.3 Å². The molecule has 0 aliphatic rings. The van der Waals surface area contributed by atoms with Crippen molar-refractivity contribution in [2.24, 2.45) is 0 Å². The van der Waals surface area contributed by atoms with Crippen LogP contribution in [0.1, 0.15) is 30.6 Å². The molecule has 0 radical (unpaired) electrons. The van der Waals surface area contributed by atoms with Crippen LogP contribution < -0.4 is 5.32 Å². The fourth-order valence-electron chi connectivity index (χ4n) is 0.807. The molecule has 0 spiro atoms. The van der Waals surface area contributed by atoms with Crippen molar-refractivity contribution in [2.75, 3.05) is 5.32 Å². The van der Waals surface area contributed by atoms with Gasteiger partial charge in [-0.25, -0.2) is 9.78 Å². The van der Waals surface area contributed by atoms with Gasteiger partial charge in [-0.05, 0) is 20.8 Å². The van der Waals surface area contributed by atoms with Crippen LogP contribution in [-0.4, -0.2) is 23.0 Å². The van der Waals surface area contributed by atoms with Crippen molar-refractivity contribution in [3.05, 3.63) is 10.4 Å². The monoisotopic (exact) mass is 228 g/mol. The third-order valence-corrected chi connectivity index (χ3v) is 2.02. The van der Waals surface area contributed by atoms with E-state index in [-0.39, 0.29) is 0 Å². The summed E-state index contributed by atoms with van der Waals surface area (Å²) in [6, 6.07) is 0. The van der Waals surface area contributed by atoms with E-state index in [4.69, 9.17) is 4.74 Å². The van der Waals surface area contributed by atoms with Gasteiger partial charge in [0.15, 0.2) is 11.3 Å². The molecule has 0 aromatic carbocycles. The topological polar surface area (TPSA) is 68.3 Å². The second-order valence-electron chi connectivity index (χ2n) is 3.82. The van der Waals surface area contributed by atoms with Crippen molar-refractivity contribution in [1.29, 1.82) is 0 Å². The Labute approximate surface area is 91.5 Å². The van der Waals surface area contributed by atoms with Gasteiger partial charge in [-0.1, -0.05) is 0 Å². The van der Waals surface area contributed by atoms with Crippen LogP contribution in [0.4, 0.5) is 10.6 Å². The lowest BCUT2D eigenvalue weighted by Crippen LogP contribution is -2.27. The molecule has 6 heteroatoms. The van der Waals surface area contributed by atoms with Crippen LogP contribution in [0.3, 0.4) is 0 Å². The molecule has 15 heavy (non-hydrogen) atoms. The molecule has 0 aliphatic carbocycles. The average molecular weight is 228 g/mol. The molecule has 0 atom stereocenters. The number of aromatic nitrogens is 1. The van der Waals surface area contributed by atoms with Crippen LogP contribution in [0.25, 0.3) is 0 Å².